The molecule has 172 valence electrons. The van der Waals surface area contributed by atoms with Crippen molar-refractivity contribution in [1.82, 2.24) is 4.90 Å². The fourth-order valence-electron chi connectivity index (χ4n) is 3.65. The van der Waals surface area contributed by atoms with Crippen molar-refractivity contribution in [3.05, 3.63) is 59.7 Å². The second kappa shape index (κ2) is 10.2. The molecule has 0 aromatic heterocycles. The van der Waals surface area contributed by atoms with Crippen molar-refractivity contribution in [3.63, 3.8) is 0 Å². The van der Waals surface area contributed by atoms with Gasteiger partial charge in [0.2, 0.25) is 5.91 Å². The molecule has 0 unspecified atom stereocenters. The van der Waals surface area contributed by atoms with Crippen LogP contribution in [0.3, 0.4) is 0 Å². The second-order valence-corrected chi connectivity index (χ2v) is 9.85. The molecule has 9 heteroatoms. The van der Waals surface area contributed by atoms with Crippen LogP contribution < -0.4 is 4.74 Å². The zero-order valence-electron chi connectivity index (χ0n) is 17.7. The molecule has 1 fully saturated rings. The van der Waals surface area contributed by atoms with Crippen molar-refractivity contribution < 1.29 is 31.5 Å². The molecule has 1 saturated heterocycles. The highest BCUT2D eigenvalue weighted by Gasteiger charge is 2.29. The molecular weight excluding hydrogens is 440 g/mol. The van der Waals surface area contributed by atoms with E-state index in [9.17, 15) is 26.8 Å². The Morgan fingerprint density at radius 2 is 1.72 bits per heavy atom. The number of hydrogen-bond acceptors (Lipinski definition) is 5. The Balaban J connectivity index is 1.41. The van der Waals surface area contributed by atoms with Gasteiger partial charge in [0.15, 0.2) is 15.6 Å². The number of nitrogens with zero attached hydrogens (tertiary/aromatic N) is 1. The summed E-state index contributed by atoms with van der Waals surface area (Å²) in [5.41, 5.74) is -0.239. The Bertz CT molecular complexity index is 1080. The van der Waals surface area contributed by atoms with Gasteiger partial charge in [-0.1, -0.05) is 0 Å². The Hall–Kier alpha value is -2.81. The zero-order chi connectivity index (χ0) is 23.3. The molecule has 0 atom stereocenters. The highest BCUT2D eigenvalue weighted by Crippen LogP contribution is 2.24. The van der Waals surface area contributed by atoms with Gasteiger partial charge in [0.25, 0.3) is 0 Å². The third-order valence-electron chi connectivity index (χ3n) is 5.47. The lowest BCUT2D eigenvalue weighted by Crippen LogP contribution is -2.40. The number of hydrogen-bond donors (Lipinski definition) is 0. The highest BCUT2D eigenvalue weighted by atomic mass is 32.2. The molecule has 0 spiro atoms. The van der Waals surface area contributed by atoms with Crippen LogP contribution in [0.2, 0.25) is 0 Å². The van der Waals surface area contributed by atoms with E-state index in [1.54, 1.807) is 17.0 Å². The van der Waals surface area contributed by atoms with E-state index in [1.165, 1.54) is 12.1 Å². The van der Waals surface area contributed by atoms with Crippen LogP contribution in [0.1, 0.15) is 36.0 Å². The van der Waals surface area contributed by atoms with E-state index in [-0.39, 0.29) is 22.8 Å². The number of sulfone groups is 1. The van der Waals surface area contributed by atoms with Crippen molar-refractivity contribution in [2.45, 2.75) is 30.6 Å². The number of ketones is 1. The lowest BCUT2D eigenvalue weighted by molar-refractivity contribution is -0.132. The minimum Gasteiger partial charge on any atom is -0.494 e. The normalized spacial score (nSPS) is 14.9. The highest BCUT2D eigenvalue weighted by molar-refractivity contribution is 7.90. The Morgan fingerprint density at radius 3 is 2.34 bits per heavy atom. The van der Waals surface area contributed by atoms with Gasteiger partial charge in [-0.25, -0.2) is 17.2 Å². The number of carbonyl (C=O) groups is 2. The predicted molar refractivity (Wildman–Crippen MR) is 114 cm³/mol. The molecular formula is C23H25F2NO5S. The molecule has 6 nitrogen and oxygen atoms in total. The van der Waals surface area contributed by atoms with E-state index in [4.69, 9.17) is 4.74 Å². The molecule has 3 rings (SSSR count). The molecule has 1 aliphatic rings. The largest absolute Gasteiger partial charge is 0.494 e. The first-order valence-corrected chi connectivity index (χ1v) is 12.2. The average molecular weight is 466 g/mol. The number of rotatable bonds is 8. The molecule has 1 heterocycles. The summed E-state index contributed by atoms with van der Waals surface area (Å²) in [6.45, 7) is 1.08. The van der Waals surface area contributed by atoms with E-state index >= 15 is 0 Å². The molecule has 0 saturated carbocycles. The van der Waals surface area contributed by atoms with Crippen LogP contribution in [-0.4, -0.2) is 51.0 Å². The van der Waals surface area contributed by atoms with Crippen molar-refractivity contribution in [2.24, 2.45) is 5.92 Å². The molecule has 2 aromatic carbocycles. The quantitative estimate of drug-likeness (QED) is 0.439. The summed E-state index contributed by atoms with van der Waals surface area (Å²) < 4.78 is 55.7. The number of benzene rings is 2. The van der Waals surface area contributed by atoms with E-state index in [0.717, 1.165) is 24.5 Å². The molecule has 0 bridgehead atoms. The summed E-state index contributed by atoms with van der Waals surface area (Å²) in [6, 6.07) is 8.92. The molecule has 0 radical (unpaired) electrons. The first-order valence-electron chi connectivity index (χ1n) is 10.3. The SMILES string of the molecule is CS(=O)(=O)c1ccc(OCCCC(=O)N2CCC(C(=O)c3cc(F)ccc3F)CC2)cc1. The maximum absolute atomic E-state index is 13.9. The Kier molecular flexibility index (Phi) is 7.60. The van der Waals surface area contributed by atoms with Gasteiger partial charge >= 0.3 is 0 Å². The molecule has 0 aliphatic carbocycles. The van der Waals surface area contributed by atoms with Crippen LogP contribution in [0.5, 0.6) is 5.75 Å². The maximum atomic E-state index is 13.9. The molecule has 0 N–H and O–H groups in total. The van der Waals surface area contributed by atoms with Gasteiger partial charge in [-0.05, 0) is 61.7 Å². The smallest absolute Gasteiger partial charge is 0.222 e. The predicted octanol–water partition coefficient (Wildman–Crippen LogP) is 3.65. The second-order valence-electron chi connectivity index (χ2n) is 7.84. The minimum atomic E-state index is -3.26. The van der Waals surface area contributed by atoms with Gasteiger partial charge < -0.3 is 9.64 Å². The lowest BCUT2D eigenvalue weighted by atomic mass is 9.88. The van der Waals surface area contributed by atoms with Gasteiger partial charge in [0, 0.05) is 31.7 Å². The van der Waals surface area contributed by atoms with Crippen LogP contribution in [-0.2, 0) is 14.6 Å². The van der Waals surface area contributed by atoms with E-state index in [2.05, 4.69) is 0 Å². The van der Waals surface area contributed by atoms with E-state index in [0.29, 0.717) is 44.7 Å². The van der Waals surface area contributed by atoms with Crippen LogP contribution in [0.25, 0.3) is 0 Å². The summed E-state index contributed by atoms with van der Waals surface area (Å²) in [7, 11) is -3.26. The molecule has 1 amide bonds. The molecule has 1 aliphatic heterocycles. The standard InChI is InChI=1S/C23H25F2NO5S/c1-32(29,30)19-7-5-18(6-8-19)31-14-2-3-22(27)26-12-10-16(11-13-26)23(28)20-15-17(24)4-9-21(20)25/h4-9,15-16H,2-3,10-14H2,1H3. The van der Waals surface area contributed by atoms with Gasteiger partial charge in [-0.15, -0.1) is 0 Å². The Morgan fingerprint density at radius 1 is 1.06 bits per heavy atom. The van der Waals surface area contributed by atoms with Crippen molar-refractivity contribution in [3.8, 4) is 5.75 Å². The minimum absolute atomic E-state index is 0.0520. The zero-order valence-corrected chi connectivity index (χ0v) is 18.5. The summed E-state index contributed by atoms with van der Waals surface area (Å²) in [4.78, 5) is 26.8. The first kappa shape index (κ1) is 23.8. The van der Waals surface area contributed by atoms with Gasteiger partial charge in [0.1, 0.15) is 17.4 Å². The van der Waals surface area contributed by atoms with Crippen molar-refractivity contribution in [2.75, 3.05) is 26.0 Å². The van der Waals surface area contributed by atoms with Crippen molar-refractivity contribution >= 4 is 21.5 Å². The number of carbonyl (C=O) groups excluding carboxylic acids is 2. The maximum Gasteiger partial charge on any atom is 0.222 e. The van der Waals surface area contributed by atoms with Crippen molar-refractivity contribution in [1.29, 1.82) is 0 Å². The third kappa shape index (κ3) is 6.12. The summed E-state index contributed by atoms with van der Waals surface area (Å²) in [6.07, 6.45) is 2.71. The fourth-order valence-corrected chi connectivity index (χ4v) is 4.28. The summed E-state index contributed by atoms with van der Waals surface area (Å²) in [5, 5.41) is 0. The number of Topliss-reactive ketones (excluding diaryl/α,β-unsaturated/α-hetero) is 1. The summed E-state index contributed by atoms with van der Waals surface area (Å²) >= 11 is 0. The number of piperidine rings is 1. The monoisotopic (exact) mass is 465 g/mol. The van der Waals surface area contributed by atoms with Crippen LogP contribution >= 0.6 is 0 Å². The van der Waals surface area contributed by atoms with E-state index < -0.39 is 33.2 Å². The lowest BCUT2D eigenvalue weighted by Gasteiger charge is -2.31. The fraction of sp³-hybridized carbons (Fsp3) is 0.391. The van der Waals surface area contributed by atoms with Gasteiger partial charge in [-0.2, -0.15) is 0 Å². The third-order valence-corrected chi connectivity index (χ3v) is 6.60. The van der Waals surface area contributed by atoms with Crippen LogP contribution in [0, 0.1) is 17.6 Å². The topological polar surface area (TPSA) is 80.8 Å². The molecule has 2 aromatic rings. The summed E-state index contributed by atoms with van der Waals surface area (Å²) in [5.74, 6) is -1.78. The Labute approximate surface area is 186 Å². The number of amides is 1. The first-order chi connectivity index (χ1) is 15.1. The number of halogens is 2. The number of likely N-dealkylation sites (tertiary alicyclic amines) is 1. The number of ether oxygens (including phenoxy) is 1. The van der Waals surface area contributed by atoms with Gasteiger partial charge in [0.05, 0.1) is 17.1 Å². The average Bonchev–Trinajstić information content (AvgIpc) is 2.77. The van der Waals surface area contributed by atoms with Gasteiger partial charge in [-0.3, -0.25) is 9.59 Å². The van der Waals surface area contributed by atoms with Crippen LogP contribution in [0.15, 0.2) is 47.4 Å². The van der Waals surface area contributed by atoms with E-state index in [1.807, 2.05) is 0 Å². The molecule has 32 heavy (non-hydrogen) atoms. The van der Waals surface area contributed by atoms with Crippen LogP contribution in [0.4, 0.5) is 8.78 Å².